The van der Waals surface area contributed by atoms with Crippen LogP contribution in [-0.4, -0.2) is 40.6 Å². The molecule has 0 aliphatic heterocycles. The summed E-state index contributed by atoms with van der Waals surface area (Å²) in [5, 5.41) is 2.84. The van der Waals surface area contributed by atoms with Gasteiger partial charge in [-0.3, -0.25) is 4.79 Å². The highest BCUT2D eigenvalue weighted by atomic mass is 32.2. The van der Waals surface area contributed by atoms with Gasteiger partial charge in [-0.25, -0.2) is 9.97 Å². The van der Waals surface area contributed by atoms with Crippen LogP contribution in [0.1, 0.15) is 16.1 Å². The minimum absolute atomic E-state index is 0.188. The van der Waals surface area contributed by atoms with Crippen LogP contribution in [-0.2, 0) is 10.5 Å². The number of amides is 1. The van der Waals surface area contributed by atoms with E-state index >= 15 is 0 Å². The fraction of sp³-hybridized carbons (Fsp3) is 0.174. The Bertz CT molecular complexity index is 1110. The maximum absolute atomic E-state index is 12.5. The van der Waals surface area contributed by atoms with Gasteiger partial charge in [0, 0.05) is 41.8 Å². The van der Waals surface area contributed by atoms with Crippen LogP contribution in [0.5, 0.6) is 5.88 Å². The Morgan fingerprint density at radius 2 is 1.97 bits per heavy atom. The van der Waals surface area contributed by atoms with Gasteiger partial charge in [-0.15, -0.1) is 11.8 Å². The molecule has 0 saturated heterocycles. The van der Waals surface area contributed by atoms with E-state index in [1.54, 1.807) is 37.2 Å². The van der Waals surface area contributed by atoms with Crippen molar-refractivity contribution in [3.8, 4) is 5.88 Å². The van der Waals surface area contributed by atoms with E-state index in [1.165, 1.54) is 0 Å². The number of pyridine rings is 2. The molecule has 8 heteroatoms. The average Bonchev–Trinajstić information content (AvgIpc) is 3.22. The van der Waals surface area contributed by atoms with E-state index in [-0.39, 0.29) is 5.91 Å². The van der Waals surface area contributed by atoms with Gasteiger partial charge in [-0.1, -0.05) is 6.07 Å². The van der Waals surface area contributed by atoms with Gasteiger partial charge in [0.25, 0.3) is 5.91 Å². The maximum Gasteiger partial charge on any atom is 0.255 e. The fourth-order valence-electron chi connectivity index (χ4n) is 2.89. The molecule has 0 fully saturated rings. The number of nitrogens with one attached hydrogen (secondary N) is 1. The van der Waals surface area contributed by atoms with Gasteiger partial charge in [0.15, 0.2) is 0 Å². The van der Waals surface area contributed by atoms with Gasteiger partial charge in [0.05, 0.1) is 24.2 Å². The third-order valence-corrected chi connectivity index (χ3v) is 5.49. The summed E-state index contributed by atoms with van der Waals surface area (Å²) in [6.07, 6.45) is 5.59. The van der Waals surface area contributed by atoms with Crippen molar-refractivity contribution in [3.63, 3.8) is 0 Å². The number of carbonyl (C=O) groups excluding carboxylic acids is 1. The minimum Gasteiger partial charge on any atom is -0.475 e. The molecule has 0 aliphatic rings. The molecule has 3 aromatic heterocycles. The zero-order valence-corrected chi connectivity index (χ0v) is 17.8. The monoisotopic (exact) mass is 434 g/mol. The number of fused-ring (bicyclic) bond motifs is 1. The number of benzene rings is 1. The molecule has 1 N–H and O–H groups in total. The molecule has 0 unspecified atom stereocenters. The number of ether oxygens (including phenoxy) is 2. The quantitative estimate of drug-likeness (QED) is 0.313. The molecule has 0 aliphatic carbocycles. The minimum atomic E-state index is -0.188. The lowest BCUT2D eigenvalue weighted by Crippen LogP contribution is -2.12. The molecule has 0 atom stereocenters. The summed E-state index contributed by atoms with van der Waals surface area (Å²) in [5.41, 5.74) is 3.14. The predicted molar refractivity (Wildman–Crippen MR) is 121 cm³/mol. The first kappa shape index (κ1) is 20.9. The summed E-state index contributed by atoms with van der Waals surface area (Å²) in [6, 6.07) is 16.9. The maximum atomic E-state index is 12.5. The lowest BCUT2D eigenvalue weighted by atomic mass is 10.2. The van der Waals surface area contributed by atoms with E-state index in [0.717, 1.165) is 22.0 Å². The Kier molecular flexibility index (Phi) is 6.81. The van der Waals surface area contributed by atoms with Crippen LogP contribution in [0.2, 0.25) is 0 Å². The number of carbonyl (C=O) groups is 1. The fourth-order valence-corrected chi connectivity index (χ4v) is 3.67. The van der Waals surface area contributed by atoms with Crippen LogP contribution in [0, 0.1) is 0 Å². The molecule has 31 heavy (non-hydrogen) atoms. The third-order valence-electron chi connectivity index (χ3n) is 4.45. The summed E-state index contributed by atoms with van der Waals surface area (Å²) >= 11 is 1.68. The number of hydrogen-bond donors (Lipinski definition) is 1. The number of thioether (sulfide) groups is 1. The number of rotatable bonds is 9. The molecule has 7 nitrogen and oxygen atoms in total. The van der Waals surface area contributed by atoms with Gasteiger partial charge in [0.1, 0.15) is 12.3 Å². The van der Waals surface area contributed by atoms with Crippen molar-refractivity contribution < 1.29 is 14.3 Å². The second-order valence-corrected chi connectivity index (χ2v) is 7.74. The molecule has 158 valence electrons. The lowest BCUT2D eigenvalue weighted by Gasteiger charge is -2.08. The van der Waals surface area contributed by atoms with Gasteiger partial charge >= 0.3 is 0 Å². The molecule has 4 aromatic rings. The largest absolute Gasteiger partial charge is 0.475 e. The molecule has 1 amide bonds. The Balaban J connectivity index is 1.30. The number of methoxy groups -OCH3 is 1. The van der Waals surface area contributed by atoms with Crippen molar-refractivity contribution >= 4 is 29.0 Å². The summed E-state index contributed by atoms with van der Waals surface area (Å²) in [4.78, 5) is 22.4. The molecule has 0 bridgehead atoms. The normalized spacial score (nSPS) is 10.9. The van der Waals surface area contributed by atoms with Crippen LogP contribution in [0.4, 0.5) is 5.69 Å². The zero-order valence-electron chi connectivity index (χ0n) is 17.0. The van der Waals surface area contributed by atoms with Crippen molar-refractivity contribution in [3.05, 3.63) is 84.4 Å². The van der Waals surface area contributed by atoms with Gasteiger partial charge in [0.2, 0.25) is 5.88 Å². The molecule has 0 saturated carbocycles. The van der Waals surface area contributed by atoms with Gasteiger partial charge in [-0.2, -0.15) is 0 Å². The average molecular weight is 435 g/mol. The smallest absolute Gasteiger partial charge is 0.255 e. The predicted octanol–water partition coefficient (Wildman–Crippen LogP) is 4.30. The molecule has 0 spiro atoms. The van der Waals surface area contributed by atoms with Crippen LogP contribution in [0.3, 0.4) is 0 Å². The van der Waals surface area contributed by atoms with Crippen molar-refractivity contribution in [1.29, 1.82) is 0 Å². The Morgan fingerprint density at radius 1 is 1.10 bits per heavy atom. The van der Waals surface area contributed by atoms with Gasteiger partial charge < -0.3 is 19.2 Å². The van der Waals surface area contributed by atoms with Crippen molar-refractivity contribution in [2.75, 3.05) is 25.6 Å². The van der Waals surface area contributed by atoms with Crippen molar-refractivity contribution in [1.82, 2.24) is 14.4 Å². The van der Waals surface area contributed by atoms with E-state index in [0.29, 0.717) is 30.3 Å². The first-order valence-corrected chi connectivity index (χ1v) is 10.7. The van der Waals surface area contributed by atoms with E-state index in [2.05, 4.69) is 15.3 Å². The Morgan fingerprint density at radius 3 is 2.71 bits per heavy atom. The highest BCUT2D eigenvalue weighted by Gasteiger charge is 2.08. The Hall–Kier alpha value is -3.36. The first-order valence-electron chi connectivity index (χ1n) is 9.76. The number of anilines is 1. The second kappa shape index (κ2) is 10.1. The molecule has 3 heterocycles. The second-order valence-electron chi connectivity index (χ2n) is 6.69. The summed E-state index contributed by atoms with van der Waals surface area (Å²) in [7, 11) is 1.61. The molecular weight excluding hydrogens is 412 g/mol. The summed E-state index contributed by atoms with van der Waals surface area (Å²) in [5.74, 6) is 1.06. The van der Waals surface area contributed by atoms with Gasteiger partial charge in [-0.05, 0) is 42.5 Å². The zero-order chi connectivity index (χ0) is 21.5. The molecule has 0 radical (unpaired) electrons. The number of hydrogen-bond acceptors (Lipinski definition) is 6. The van der Waals surface area contributed by atoms with Crippen LogP contribution in [0.25, 0.3) is 5.65 Å². The third kappa shape index (κ3) is 5.62. The highest BCUT2D eigenvalue weighted by Crippen LogP contribution is 2.23. The number of nitrogens with zero attached hydrogens (tertiary/aromatic N) is 3. The van der Waals surface area contributed by atoms with E-state index in [9.17, 15) is 4.79 Å². The van der Waals surface area contributed by atoms with E-state index < -0.39 is 0 Å². The number of aromatic nitrogens is 3. The molecular formula is C23H22N4O3S. The van der Waals surface area contributed by atoms with Crippen LogP contribution in [0.15, 0.2) is 78.1 Å². The first-order chi connectivity index (χ1) is 15.2. The standard InChI is InChI=1S/C23H22N4O3S/c1-29-12-13-30-22-10-7-18(14-24-22)26-23(28)17-5-8-20(9-6-17)31-16-19-15-27-11-3-2-4-21(27)25-19/h2-11,14-15H,12-13,16H2,1H3,(H,26,28). The molecule has 4 rings (SSSR count). The van der Waals surface area contributed by atoms with Crippen molar-refractivity contribution in [2.45, 2.75) is 10.6 Å². The van der Waals surface area contributed by atoms with Crippen LogP contribution < -0.4 is 10.1 Å². The molecule has 1 aromatic carbocycles. The Labute approximate surface area is 184 Å². The highest BCUT2D eigenvalue weighted by molar-refractivity contribution is 7.98. The topological polar surface area (TPSA) is 77.8 Å². The lowest BCUT2D eigenvalue weighted by molar-refractivity contribution is 0.102. The van der Waals surface area contributed by atoms with E-state index in [1.807, 2.05) is 59.3 Å². The number of imidazole rings is 1. The van der Waals surface area contributed by atoms with E-state index in [4.69, 9.17) is 9.47 Å². The summed E-state index contributed by atoms with van der Waals surface area (Å²) < 4.78 is 12.4. The SMILES string of the molecule is COCCOc1ccc(NC(=O)c2ccc(SCc3cn4ccccc4n3)cc2)cn1. The van der Waals surface area contributed by atoms with Crippen molar-refractivity contribution in [2.24, 2.45) is 0 Å². The van der Waals surface area contributed by atoms with Crippen LogP contribution >= 0.6 is 11.8 Å². The summed E-state index contributed by atoms with van der Waals surface area (Å²) in [6.45, 7) is 0.921.